The van der Waals surface area contributed by atoms with Crippen molar-refractivity contribution in [3.8, 4) is 0 Å². The van der Waals surface area contributed by atoms with Crippen LogP contribution in [-0.4, -0.2) is 11.3 Å². The number of nitrogens with zero attached hydrogens (tertiary/aromatic N) is 1. The Hall–Kier alpha value is -0.650. The van der Waals surface area contributed by atoms with E-state index in [0.29, 0.717) is 6.54 Å². The van der Waals surface area contributed by atoms with Crippen molar-refractivity contribution >= 4 is 27.7 Å². The quantitative estimate of drug-likeness (QED) is 0.648. The minimum absolute atomic E-state index is 0.647. The molecule has 4 N–H and O–H groups in total. The van der Waals surface area contributed by atoms with Crippen LogP contribution in [0.4, 0.5) is 0 Å². The van der Waals surface area contributed by atoms with Gasteiger partial charge in [-0.05, 0) is 29.5 Å². The summed E-state index contributed by atoms with van der Waals surface area (Å²) in [5, 5.41) is 1.56. The van der Waals surface area contributed by atoms with Crippen LogP contribution in [0, 0.1) is 0 Å². The molecule has 0 fully saturated rings. The van der Waals surface area contributed by atoms with E-state index in [9.17, 15) is 0 Å². The van der Waals surface area contributed by atoms with Gasteiger partial charge >= 0.3 is 0 Å². The molecular weight excluding hydrogens is 286 g/mol. The van der Waals surface area contributed by atoms with Gasteiger partial charge < -0.3 is 10.7 Å². The molecule has 0 saturated heterocycles. The summed E-state index contributed by atoms with van der Waals surface area (Å²) in [6, 6.07) is 6.35. The second kappa shape index (κ2) is 6.83. The highest BCUT2D eigenvalue weighted by molar-refractivity contribution is 9.10. The summed E-state index contributed by atoms with van der Waals surface area (Å²) < 4.78 is 1.08. The molecule has 0 spiro atoms. The molecule has 1 aromatic rings. The number of halogens is 1. The average Bonchev–Trinajstić information content (AvgIpc) is 2.17. The molecule has 1 rings (SSSR count). The number of hydrogen-bond donors (Lipinski definition) is 2. The van der Waals surface area contributed by atoms with E-state index in [1.54, 1.807) is 23.0 Å². The van der Waals surface area contributed by atoms with Crippen molar-refractivity contribution in [2.24, 2.45) is 11.6 Å². The molecule has 5 heteroatoms. The van der Waals surface area contributed by atoms with E-state index >= 15 is 0 Å². The smallest absolute Gasteiger partial charge is 0.0586 e. The molecule has 0 aliphatic heterocycles. The van der Waals surface area contributed by atoms with Crippen LogP contribution in [0.5, 0.6) is 0 Å². The zero-order valence-electron chi connectivity index (χ0n) is 9.19. The average molecular weight is 302 g/mol. The Bertz CT molecular complexity index is 368. The molecule has 0 aliphatic carbocycles. The molecule has 88 valence electrons. The number of nitrogens with two attached hydrogens (primary N) is 2. The Balaban J connectivity index is 2.79. The third-order valence-electron chi connectivity index (χ3n) is 1.97. The van der Waals surface area contributed by atoms with Crippen molar-refractivity contribution in [3.05, 3.63) is 46.2 Å². The van der Waals surface area contributed by atoms with Gasteiger partial charge in [-0.25, -0.2) is 5.84 Å². The van der Waals surface area contributed by atoms with Gasteiger partial charge in [-0.2, -0.15) is 11.8 Å². The standard InChI is InChI=1S/C11H16BrN3S/c1-16-8-10-4-9(5-11(12)6-10)7-15(14)3-2-13/h2-6H,7-8,13-14H2,1H3/b3-2-. The summed E-state index contributed by atoms with van der Waals surface area (Å²) in [5.74, 6) is 6.74. The van der Waals surface area contributed by atoms with Crippen molar-refractivity contribution in [3.63, 3.8) is 0 Å². The van der Waals surface area contributed by atoms with Gasteiger partial charge in [0.05, 0.1) is 6.54 Å². The second-order valence-corrected chi connectivity index (χ2v) is 5.20. The normalized spacial score (nSPS) is 10.9. The Labute approximate surface area is 109 Å². The van der Waals surface area contributed by atoms with Gasteiger partial charge in [0.1, 0.15) is 0 Å². The predicted octanol–water partition coefficient (Wildman–Crippen LogP) is 2.42. The molecule has 0 saturated carbocycles. The number of hydrogen-bond acceptors (Lipinski definition) is 4. The molecule has 3 nitrogen and oxygen atoms in total. The molecule has 0 aliphatic rings. The summed E-state index contributed by atoms with van der Waals surface area (Å²) >= 11 is 5.30. The highest BCUT2D eigenvalue weighted by atomic mass is 79.9. The Morgan fingerprint density at radius 1 is 1.38 bits per heavy atom. The van der Waals surface area contributed by atoms with E-state index in [2.05, 4.69) is 40.4 Å². The van der Waals surface area contributed by atoms with E-state index in [1.807, 2.05) is 0 Å². The van der Waals surface area contributed by atoms with Crippen LogP contribution >= 0.6 is 27.7 Å². The summed E-state index contributed by atoms with van der Waals surface area (Å²) in [5.41, 5.74) is 7.74. The molecule has 0 radical (unpaired) electrons. The van der Waals surface area contributed by atoms with E-state index in [-0.39, 0.29) is 0 Å². The van der Waals surface area contributed by atoms with Crippen LogP contribution in [-0.2, 0) is 12.3 Å². The fourth-order valence-electron chi connectivity index (χ4n) is 1.43. The monoisotopic (exact) mass is 301 g/mol. The molecule has 0 amide bonds. The van der Waals surface area contributed by atoms with Crippen LogP contribution in [0.15, 0.2) is 35.1 Å². The maximum Gasteiger partial charge on any atom is 0.0586 e. The van der Waals surface area contributed by atoms with Gasteiger partial charge in [0, 0.05) is 22.6 Å². The lowest BCUT2D eigenvalue weighted by Gasteiger charge is -2.14. The topological polar surface area (TPSA) is 55.3 Å². The lowest BCUT2D eigenvalue weighted by atomic mass is 10.1. The summed E-state index contributed by atoms with van der Waals surface area (Å²) in [6.45, 7) is 0.647. The van der Waals surface area contributed by atoms with Gasteiger partial charge in [-0.1, -0.05) is 22.0 Å². The Morgan fingerprint density at radius 3 is 2.69 bits per heavy atom. The molecular formula is C11H16BrN3S. The second-order valence-electron chi connectivity index (χ2n) is 3.41. The summed E-state index contributed by atoms with van der Waals surface area (Å²) in [4.78, 5) is 0. The third-order valence-corrected chi connectivity index (χ3v) is 3.05. The lowest BCUT2D eigenvalue weighted by molar-refractivity contribution is 0.386. The van der Waals surface area contributed by atoms with Crippen LogP contribution in [0.3, 0.4) is 0 Å². The number of hydrazine groups is 1. The van der Waals surface area contributed by atoms with Crippen molar-refractivity contribution < 1.29 is 0 Å². The summed E-state index contributed by atoms with van der Waals surface area (Å²) in [6.07, 6.45) is 5.17. The predicted molar refractivity (Wildman–Crippen MR) is 74.4 cm³/mol. The first kappa shape index (κ1) is 13.4. The fraction of sp³-hybridized carbons (Fsp3) is 0.273. The first-order valence-corrected chi connectivity index (χ1v) is 7.01. The zero-order chi connectivity index (χ0) is 12.0. The van der Waals surface area contributed by atoms with Gasteiger partial charge in [-0.15, -0.1) is 0 Å². The molecule has 1 aromatic carbocycles. The van der Waals surface area contributed by atoms with E-state index < -0.39 is 0 Å². The molecule has 16 heavy (non-hydrogen) atoms. The van der Waals surface area contributed by atoms with E-state index in [0.717, 1.165) is 10.2 Å². The van der Waals surface area contributed by atoms with Crippen LogP contribution in [0.2, 0.25) is 0 Å². The van der Waals surface area contributed by atoms with Gasteiger partial charge in [-0.3, -0.25) is 0 Å². The largest absolute Gasteiger partial charge is 0.403 e. The van der Waals surface area contributed by atoms with E-state index in [4.69, 9.17) is 11.6 Å². The first-order valence-electron chi connectivity index (χ1n) is 4.82. The maximum absolute atomic E-state index is 5.74. The minimum atomic E-state index is 0.647. The molecule has 0 aromatic heterocycles. The van der Waals surface area contributed by atoms with Crippen molar-refractivity contribution in [1.82, 2.24) is 5.01 Å². The maximum atomic E-state index is 5.74. The molecule has 0 unspecified atom stereocenters. The number of thioether (sulfide) groups is 1. The van der Waals surface area contributed by atoms with Gasteiger partial charge in [0.2, 0.25) is 0 Å². The fourth-order valence-corrected chi connectivity index (χ4v) is 2.52. The van der Waals surface area contributed by atoms with E-state index in [1.165, 1.54) is 17.3 Å². The van der Waals surface area contributed by atoms with Crippen molar-refractivity contribution in [1.29, 1.82) is 0 Å². The van der Waals surface area contributed by atoms with Gasteiger partial charge in [0.15, 0.2) is 0 Å². The number of rotatable bonds is 5. The van der Waals surface area contributed by atoms with Crippen LogP contribution in [0.25, 0.3) is 0 Å². The SMILES string of the molecule is CSCc1cc(Br)cc(CN(N)/C=C\N)c1. The highest BCUT2D eigenvalue weighted by Gasteiger charge is 2.01. The first-order chi connectivity index (χ1) is 7.65. The van der Waals surface area contributed by atoms with Crippen LogP contribution in [0.1, 0.15) is 11.1 Å². The Morgan fingerprint density at radius 2 is 2.06 bits per heavy atom. The van der Waals surface area contributed by atoms with Gasteiger partial charge in [0.25, 0.3) is 0 Å². The summed E-state index contributed by atoms with van der Waals surface area (Å²) in [7, 11) is 0. The molecule has 0 heterocycles. The molecule has 0 atom stereocenters. The lowest BCUT2D eigenvalue weighted by Crippen LogP contribution is -2.24. The Kier molecular flexibility index (Phi) is 5.73. The molecule has 0 bridgehead atoms. The van der Waals surface area contributed by atoms with Crippen LogP contribution < -0.4 is 11.6 Å². The third kappa shape index (κ3) is 4.47. The zero-order valence-corrected chi connectivity index (χ0v) is 11.6. The minimum Gasteiger partial charge on any atom is -0.403 e. The van der Waals surface area contributed by atoms with Crippen molar-refractivity contribution in [2.75, 3.05) is 6.26 Å². The number of benzene rings is 1. The highest BCUT2D eigenvalue weighted by Crippen LogP contribution is 2.19. The van der Waals surface area contributed by atoms with Crippen molar-refractivity contribution in [2.45, 2.75) is 12.3 Å².